The zero-order chi connectivity index (χ0) is 15.2. The third-order valence-corrected chi connectivity index (χ3v) is 3.49. The first-order chi connectivity index (χ1) is 10.2. The fourth-order valence-corrected chi connectivity index (χ4v) is 2.29. The van der Waals surface area contributed by atoms with Crippen LogP contribution in [-0.2, 0) is 0 Å². The van der Waals surface area contributed by atoms with Crippen LogP contribution in [0.15, 0.2) is 42.5 Å². The lowest BCUT2D eigenvalue weighted by Crippen LogP contribution is -2.17. The fraction of sp³-hybridized carbons (Fsp3) is 0.235. The highest BCUT2D eigenvalue weighted by molar-refractivity contribution is 6.32. The number of benzene rings is 2. The van der Waals surface area contributed by atoms with Gasteiger partial charge in [0.25, 0.3) is 0 Å². The number of hydrogen-bond acceptors (Lipinski definition) is 3. The summed E-state index contributed by atoms with van der Waals surface area (Å²) in [7, 11) is 0. The fourth-order valence-electron chi connectivity index (χ4n) is 2.06. The van der Waals surface area contributed by atoms with Crippen LogP contribution in [0.2, 0.25) is 5.02 Å². The average molecular weight is 301 g/mol. The molecule has 0 saturated heterocycles. The zero-order valence-corrected chi connectivity index (χ0v) is 12.8. The molecule has 0 aromatic heterocycles. The lowest BCUT2D eigenvalue weighted by molar-refractivity contribution is 0.480. The molecule has 1 N–H and O–H groups in total. The van der Waals surface area contributed by atoms with Crippen molar-refractivity contribution in [3.8, 4) is 17.6 Å². The van der Waals surface area contributed by atoms with Crippen molar-refractivity contribution in [1.82, 2.24) is 5.32 Å². The first-order valence-corrected chi connectivity index (χ1v) is 7.23. The molecular formula is C17H17ClN2O. The Kier molecular flexibility index (Phi) is 5.21. The van der Waals surface area contributed by atoms with Crippen molar-refractivity contribution in [2.75, 3.05) is 6.54 Å². The van der Waals surface area contributed by atoms with Crippen LogP contribution in [0.3, 0.4) is 0 Å². The lowest BCUT2D eigenvalue weighted by atomic mass is 10.1. The minimum absolute atomic E-state index is 0.230. The van der Waals surface area contributed by atoms with Crippen LogP contribution < -0.4 is 10.1 Å². The van der Waals surface area contributed by atoms with Gasteiger partial charge in [0.2, 0.25) is 0 Å². The molecule has 1 unspecified atom stereocenters. The smallest absolute Gasteiger partial charge is 0.146 e. The van der Waals surface area contributed by atoms with Crippen LogP contribution in [0, 0.1) is 11.3 Å². The maximum Gasteiger partial charge on any atom is 0.146 e. The standard InChI is InChI=1S/C17H17ClN2O/c1-3-20-12(2)13-8-9-17(15(18)10-13)21-16-7-5-4-6-14(16)11-19/h4-10,12,20H,3H2,1-2H3. The molecule has 0 aliphatic carbocycles. The van der Waals surface area contributed by atoms with E-state index in [9.17, 15) is 0 Å². The Morgan fingerprint density at radius 3 is 2.67 bits per heavy atom. The topological polar surface area (TPSA) is 45.0 Å². The maximum atomic E-state index is 9.07. The molecular weight excluding hydrogens is 284 g/mol. The molecule has 4 heteroatoms. The number of hydrogen-bond donors (Lipinski definition) is 1. The van der Waals surface area contributed by atoms with Crippen LogP contribution >= 0.6 is 11.6 Å². The monoisotopic (exact) mass is 300 g/mol. The number of rotatable bonds is 5. The van der Waals surface area contributed by atoms with Crippen molar-refractivity contribution >= 4 is 11.6 Å². The van der Waals surface area contributed by atoms with E-state index in [-0.39, 0.29) is 6.04 Å². The molecule has 0 spiro atoms. The van der Waals surface area contributed by atoms with Crippen molar-refractivity contribution in [3.05, 3.63) is 58.6 Å². The summed E-state index contributed by atoms with van der Waals surface area (Å²) in [4.78, 5) is 0. The third kappa shape index (κ3) is 3.75. The van der Waals surface area contributed by atoms with Crippen molar-refractivity contribution in [3.63, 3.8) is 0 Å². The van der Waals surface area contributed by atoms with Gasteiger partial charge >= 0.3 is 0 Å². The van der Waals surface area contributed by atoms with Crippen molar-refractivity contribution in [1.29, 1.82) is 5.26 Å². The SMILES string of the molecule is CCNC(C)c1ccc(Oc2ccccc2C#N)c(Cl)c1. The van der Waals surface area contributed by atoms with Crippen LogP contribution in [0.5, 0.6) is 11.5 Å². The minimum atomic E-state index is 0.230. The Bertz CT molecular complexity index is 664. The molecule has 0 aliphatic rings. The maximum absolute atomic E-state index is 9.07. The first-order valence-electron chi connectivity index (χ1n) is 6.85. The Labute approximate surface area is 130 Å². The summed E-state index contributed by atoms with van der Waals surface area (Å²) in [5.74, 6) is 1.06. The van der Waals surface area contributed by atoms with Gasteiger partial charge in [0.05, 0.1) is 10.6 Å². The van der Waals surface area contributed by atoms with E-state index in [2.05, 4.69) is 25.2 Å². The van der Waals surface area contributed by atoms with E-state index in [0.717, 1.165) is 12.1 Å². The molecule has 0 saturated carbocycles. The molecule has 2 rings (SSSR count). The van der Waals surface area contributed by atoms with Crippen molar-refractivity contribution in [2.45, 2.75) is 19.9 Å². The second kappa shape index (κ2) is 7.12. The highest BCUT2D eigenvalue weighted by Gasteiger charge is 2.10. The number of para-hydroxylation sites is 1. The Hall–Kier alpha value is -2.02. The molecule has 3 nitrogen and oxygen atoms in total. The predicted octanol–water partition coefficient (Wildman–Crippen LogP) is 4.67. The molecule has 0 bridgehead atoms. The summed E-state index contributed by atoms with van der Waals surface area (Å²) in [6.45, 7) is 5.04. The number of nitriles is 1. The minimum Gasteiger partial charge on any atom is -0.454 e. The number of nitrogens with zero attached hydrogens (tertiary/aromatic N) is 1. The van der Waals surface area contributed by atoms with E-state index in [1.807, 2.05) is 24.3 Å². The number of halogens is 1. The molecule has 0 radical (unpaired) electrons. The third-order valence-electron chi connectivity index (χ3n) is 3.19. The Balaban J connectivity index is 2.24. The van der Waals surface area contributed by atoms with Crippen molar-refractivity contribution < 1.29 is 4.74 Å². The van der Waals surface area contributed by atoms with E-state index < -0.39 is 0 Å². The Morgan fingerprint density at radius 1 is 1.24 bits per heavy atom. The van der Waals surface area contributed by atoms with Gasteiger partial charge in [0.1, 0.15) is 17.6 Å². The van der Waals surface area contributed by atoms with E-state index >= 15 is 0 Å². The van der Waals surface area contributed by atoms with Gasteiger partial charge in [-0.15, -0.1) is 0 Å². The molecule has 0 aliphatic heterocycles. The second-order valence-electron chi connectivity index (χ2n) is 4.68. The van der Waals surface area contributed by atoms with E-state index in [1.165, 1.54) is 0 Å². The van der Waals surface area contributed by atoms with Gasteiger partial charge in [0.15, 0.2) is 0 Å². The van der Waals surface area contributed by atoms with Gasteiger partial charge in [-0.3, -0.25) is 0 Å². The summed E-state index contributed by atoms with van der Waals surface area (Å²) in [5, 5.41) is 12.9. The molecule has 2 aromatic rings. The number of ether oxygens (including phenoxy) is 1. The van der Waals surface area contributed by atoms with E-state index in [0.29, 0.717) is 22.1 Å². The van der Waals surface area contributed by atoms with Gasteiger partial charge < -0.3 is 10.1 Å². The molecule has 0 fully saturated rings. The number of nitrogens with one attached hydrogen (secondary N) is 1. The average Bonchev–Trinajstić information content (AvgIpc) is 2.50. The van der Waals surface area contributed by atoms with Crippen LogP contribution in [0.1, 0.15) is 31.0 Å². The Morgan fingerprint density at radius 2 is 2.00 bits per heavy atom. The van der Waals surface area contributed by atoms with Crippen LogP contribution in [0.25, 0.3) is 0 Å². The normalized spacial score (nSPS) is 11.7. The summed E-state index contributed by atoms with van der Waals surface area (Å²) in [6, 6.07) is 15.1. The highest BCUT2D eigenvalue weighted by atomic mass is 35.5. The summed E-state index contributed by atoms with van der Waals surface area (Å²) >= 11 is 6.28. The van der Waals surface area contributed by atoms with Gasteiger partial charge in [-0.05, 0) is 43.3 Å². The predicted molar refractivity (Wildman–Crippen MR) is 84.8 cm³/mol. The van der Waals surface area contributed by atoms with Gasteiger partial charge in [0, 0.05) is 6.04 Å². The van der Waals surface area contributed by atoms with Crippen molar-refractivity contribution in [2.24, 2.45) is 0 Å². The summed E-state index contributed by atoms with van der Waals surface area (Å²) < 4.78 is 5.75. The van der Waals surface area contributed by atoms with Gasteiger partial charge in [-0.1, -0.05) is 36.7 Å². The van der Waals surface area contributed by atoms with Crippen LogP contribution in [0.4, 0.5) is 0 Å². The van der Waals surface area contributed by atoms with Gasteiger partial charge in [-0.25, -0.2) is 0 Å². The molecule has 1 atom stereocenters. The van der Waals surface area contributed by atoms with E-state index in [4.69, 9.17) is 21.6 Å². The first kappa shape index (κ1) is 15.4. The second-order valence-corrected chi connectivity index (χ2v) is 5.09. The molecule has 0 heterocycles. The molecule has 0 amide bonds. The summed E-state index contributed by atoms with van der Waals surface area (Å²) in [5.41, 5.74) is 1.58. The zero-order valence-electron chi connectivity index (χ0n) is 12.1. The molecule has 2 aromatic carbocycles. The molecule has 21 heavy (non-hydrogen) atoms. The quantitative estimate of drug-likeness (QED) is 0.872. The summed E-state index contributed by atoms with van der Waals surface area (Å²) in [6.07, 6.45) is 0. The largest absolute Gasteiger partial charge is 0.454 e. The van der Waals surface area contributed by atoms with E-state index in [1.54, 1.807) is 18.2 Å². The lowest BCUT2D eigenvalue weighted by Gasteiger charge is -2.15. The van der Waals surface area contributed by atoms with Crippen LogP contribution in [-0.4, -0.2) is 6.54 Å². The van der Waals surface area contributed by atoms with Gasteiger partial charge in [-0.2, -0.15) is 5.26 Å². The molecule has 108 valence electrons. The highest BCUT2D eigenvalue weighted by Crippen LogP contribution is 2.32.